The van der Waals surface area contributed by atoms with E-state index in [0.29, 0.717) is 13.0 Å². The van der Waals surface area contributed by atoms with Crippen LogP contribution in [0.25, 0.3) is 11.1 Å². The van der Waals surface area contributed by atoms with E-state index in [1.54, 1.807) is 0 Å². The third kappa shape index (κ3) is 6.08. The second-order valence-electron chi connectivity index (χ2n) is 6.08. The van der Waals surface area contributed by atoms with Crippen LogP contribution >= 0.6 is 12.4 Å². The Balaban J connectivity index is 0.000000390. The maximum Gasteiger partial charge on any atom is 0.305 e. The molecule has 27 heavy (non-hydrogen) atoms. The van der Waals surface area contributed by atoms with E-state index >= 15 is 0 Å². The quantitative estimate of drug-likeness (QED) is 0.603. The molecular formula is C23H31ClO3. The normalized spacial score (nSPS) is 13.7. The largest absolute Gasteiger partial charge is 0.465 e. The van der Waals surface area contributed by atoms with Crippen LogP contribution in [0.3, 0.4) is 0 Å². The number of rotatable bonds is 3. The maximum absolute atomic E-state index is 11.4. The third-order valence-corrected chi connectivity index (χ3v) is 4.49. The zero-order valence-corrected chi connectivity index (χ0v) is 17.4. The topological polar surface area (TPSA) is 35.5 Å². The highest BCUT2D eigenvalue weighted by atomic mass is 35.5. The lowest BCUT2D eigenvalue weighted by molar-refractivity contribution is -0.143. The summed E-state index contributed by atoms with van der Waals surface area (Å²) in [6.07, 6.45) is 2.98. The highest BCUT2D eigenvalue weighted by Crippen LogP contribution is 2.44. The average Bonchev–Trinajstić information content (AvgIpc) is 3.38. The molecule has 0 atom stereocenters. The molecule has 3 nitrogen and oxygen atoms in total. The number of carbonyl (C=O) groups is 1. The van der Waals surface area contributed by atoms with E-state index in [4.69, 9.17) is 9.47 Å². The van der Waals surface area contributed by atoms with Crippen LogP contribution in [0.4, 0.5) is 0 Å². The van der Waals surface area contributed by atoms with Gasteiger partial charge in [-0.25, -0.2) is 0 Å². The molecule has 0 saturated carbocycles. The minimum Gasteiger partial charge on any atom is -0.465 e. The molecule has 0 bridgehead atoms. The third-order valence-electron chi connectivity index (χ3n) is 4.49. The number of carbonyl (C=O) groups excluding carboxylic acids is 1. The first-order valence-electron chi connectivity index (χ1n) is 9.73. The first-order chi connectivity index (χ1) is 12.8. The minimum atomic E-state index is -0.137. The summed E-state index contributed by atoms with van der Waals surface area (Å²) in [6.45, 7) is 8.25. The Morgan fingerprint density at radius 2 is 1.44 bits per heavy atom. The zero-order chi connectivity index (χ0) is 18.8. The molecule has 2 aromatic carbocycles. The van der Waals surface area contributed by atoms with Gasteiger partial charge in [0.15, 0.2) is 0 Å². The zero-order valence-electron chi connectivity index (χ0n) is 16.6. The minimum absolute atomic E-state index is 0. The van der Waals surface area contributed by atoms with E-state index in [1.807, 2.05) is 32.9 Å². The van der Waals surface area contributed by atoms with Gasteiger partial charge < -0.3 is 9.47 Å². The summed E-state index contributed by atoms with van der Waals surface area (Å²) >= 11 is 0. The lowest BCUT2D eigenvalue weighted by Gasteiger charge is -2.13. The van der Waals surface area contributed by atoms with Gasteiger partial charge in [-0.15, -0.1) is 12.4 Å². The van der Waals surface area contributed by atoms with Crippen LogP contribution < -0.4 is 0 Å². The van der Waals surface area contributed by atoms with Crippen LogP contribution in [-0.4, -0.2) is 25.8 Å². The molecule has 0 N–H and O–H groups in total. The molecule has 148 valence electrons. The van der Waals surface area contributed by atoms with Gasteiger partial charge in [-0.2, -0.15) is 0 Å². The number of fused-ring (bicyclic) bond motifs is 3. The Labute approximate surface area is 169 Å². The fourth-order valence-electron chi connectivity index (χ4n) is 3.23. The van der Waals surface area contributed by atoms with E-state index in [1.165, 1.54) is 35.1 Å². The summed E-state index contributed by atoms with van der Waals surface area (Å²) in [5, 5.41) is 0. The van der Waals surface area contributed by atoms with E-state index < -0.39 is 0 Å². The van der Waals surface area contributed by atoms with Gasteiger partial charge in [-0.3, -0.25) is 4.79 Å². The lowest BCUT2D eigenvalue weighted by atomic mass is 9.98. The highest BCUT2D eigenvalue weighted by Gasteiger charge is 2.28. The summed E-state index contributed by atoms with van der Waals surface area (Å²) in [5.74, 6) is 0.0322. The van der Waals surface area contributed by atoms with Gasteiger partial charge in [0.25, 0.3) is 0 Å². The Morgan fingerprint density at radius 1 is 0.963 bits per heavy atom. The van der Waals surface area contributed by atoms with Crippen molar-refractivity contribution in [1.29, 1.82) is 0 Å². The molecule has 1 saturated heterocycles. The van der Waals surface area contributed by atoms with Gasteiger partial charge >= 0.3 is 5.97 Å². The van der Waals surface area contributed by atoms with Crippen molar-refractivity contribution in [2.45, 2.75) is 46.0 Å². The van der Waals surface area contributed by atoms with Crippen molar-refractivity contribution < 1.29 is 14.3 Å². The molecule has 0 radical (unpaired) electrons. The molecule has 2 aromatic rings. The predicted molar refractivity (Wildman–Crippen MR) is 114 cm³/mol. The van der Waals surface area contributed by atoms with E-state index in [2.05, 4.69) is 36.4 Å². The van der Waals surface area contributed by atoms with Crippen molar-refractivity contribution in [3.63, 3.8) is 0 Å². The Kier molecular flexibility index (Phi) is 10.8. The smallest absolute Gasteiger partial charge is 0.305 e. The van der Waals surface area contributed by atoms with Crippen molar-refractivity contribution in [2.24, 2.45) is 0 Å². The summed E-state index contributed by atoms with van der Waals surface area (Å²) in [6, 6.07) is 16.7. The molecule has 0 spiro atoms. The summed E-state index contributed by atoms with van der Waals surface area (Å²) < 4.78 is 10.3. The first kappa shape index (κ1) is 23.2. The van der Waals surface area contributed by atoms with Crippen LogP contribution in [0, 0.1) is 0 Å². The van der Waals surface area contributed by atoms with Crippen LogP contribution in [0.5, 0.6) is 0 Å². The van der Waals surface area contributed by atoms with Gasteiger partial charge in [0.2, 0.25) is 0 Å². The molecule has 0 unspecified atom stereocenters. The first-order valence-corrected chi connectivity index (χ1v) is 9.73. The Morgan fingerprint density at radius 3 is 1.85 bits per heavy atom. The number of hydrogen-bond acceptors (Lipinski definition) is 3. The van der Waals surface area contributed by atoms with Gasteiger partial charge in [-0.1, -0.05) is 69.3 Å². The number of ether oxygens (including phenoxy) is 2. The monoisotopic (exact) mass is 390 g/mol. The summed E-state index contributed by atoms with van der Waals surface area (Å²) in [4.78, 5) is 11.4. The maximum atomic E-state index is 11.4. The van der Waals surface area contributed by atoms with Crippen LogP contribution in [0.15, 0.2) is 48.5 Å². The molecule has 1 heterocycles. The number of esters is 1. The van der Waals surface area contributed by atoms with Crippen molar-refractivity contribution in [2.75, 3.05) is 19.8 Å². The SMILES string of the molecule is C1CCOC1.CC.CCC(=O)OCC1c2ccccc2-c2ccccc21.Cl. The standard InChI is InChI=1S/C17H16O2.C4H8O.C2H6.ClH/c1-2-17(18)19-11-16-14-9-5-3-7-12(14)13-8-4-6-10-15(13)16;1-2-4-5-3-1;1-2;/h3-10,16H,2,11H2,1H3;1-4H2;1-2H3;1H. The molecule has 0 amide bonds. The number of halogens is 1. The molecule has 1 aliphatic heterocycles. The molecule has 1 fully saturated rings. The molecule has 4 rings (SSSR count). The van der Waals surface area contributed by atoms with Crippen molar-refractivity contribution in [3.05, 3.63) is 59.7 Å². The van der Waals surface area contributed by atoms with Crippen LogP contribution in [0.2, 0.25) is 0 Å². The van der Waals surface area contributed by atoms with Crippen LogP contribution in [0.1, 0.15) is 57.1 Å². The Bertz CT molecular complexity index is 642. The number of hydrogen-bond donors (Lipinski definition) is 0. The molecule has 4 heteroatoms. The van der Waals surface area contributed by atoms with Gasteiger partial charge in [0.1, 0.15) is 6.61 Å². The molecule has 2 aliphatic rings. The van der Waals surface area contributed by atoms with E-state index in [9.17, 15) is 4.79 Å². The highest BCUT2D eigenvalue weighted by molar-refractivity contribution is 5.85. The molecular weight excluding hydrogens is 360 g/mol. The van der Waals surface area contributed by atoms with Gasteiger partial charge in [0, 0.05) is 25.6 Å². The van der Waals surface area contributed by atoms with Crippen LogP contribution in [-0.2, 0) is 14.3 Å². The second kappa shape index (κ2) is 12.5. The van der Waals surface area contributed by atoms with Crippen molar-refractivity contribution in [3.8, 4) is 11.1 Å². The Hall–Kier alpha value is -1.84. The molecule has 1 aliphatic carbocycles. The van der Waals surface area contributed by atoms with E-state index in [0.717, 1.165) is 13.2 Å². The number of benzene rings is 2. The second-order valence-corrected chi connectivity index (χ2v) is 6.08. The van der Waals surface area contributed by atoms with Gasteiger partial charge in [-0.05, 0) is 35.1 Å². The van der Waals surface area contributed by atoms with Crippen molar-refractivity contribution in [1.82, 2.24) is 0 Å². The van der Waals surface area contributed by atoms with Crippen molar-refractivity contribution >= 4 is 18.4 Å². The summed E-state index contributed by atoms with van der Waals surface area (Å²) in [7, 11) is 0. The summed E-state index contributed by atoms with van der Waals surface area (Å²) in [5.41, 5.74) is 5.03. The van der Waals surface area contributed by atoms with E-state index in [-0.39, 0.29) is 24.3 Å². The van der Waals surface area contributed by atoms with Gasteiger partial charge in [0.05, 0.1) is 0 Å². The molecule has 0 aromatic heterocycles. The predicted octanol–water partition coefficient (Wildman–Crippen LogP) is 6.00. The average molecular weight is 391 g/mol. The fraction of sp³-hybridized carbons (Fsp3) is 0.435. The lowest BCUT2D eigenvalue weighted by Crippen LogP contribution is -2.11. The fourth-order valence-corrected chi connectivity index (χ4v) is 3.23.